The lowest BCUT2D eigenvalue weighted by atomic mass is 10.2. The van der Waals surface area contributed by atoms with Crippen LogP contribution in [-0.4, -0.2) is 24.5 Å². The van der Waals surface area contributed by atoms with Gasteiger partial charge in [-0.3, -0.25) is 4.98 Å². The van der Waals surface area contributed by atoms with E-state index in [0.29, 0.717) is 0 Å². The van der Waals surface area contributed by atoms with Crippen LogP contribution >= 0.6 is 27.3 Å². The molecule has 6 nitrogen and oxygen atoms in total. The normalized spacial score (nSPS) is 11.5. The molecule has 0 aliphatic rings. The highest BCUT2D eigenvalue weighted by Gasteiger charge is 2.23. The molecule has 0 unspecified atom stereocenters. The fourth-order valence-corrected chi connectivity index (χ4v) is 4.98. The summed E-state index contributed by atoms with van der Waals surface area (Å²) in [5, 5.41) is 8.90. The van der Waals surface area contributed by atoms with E-state index >= 15 is 0 Å². The molecule has 0 amide bonds. The van der Waals surface area contributed by atoms with E-state index in [4.69, 9.17) is 5.11 Å². The first-order valence-corrected chi connectivity index (χ1v) is 8.82. The van der Waals surface area contributed by atoms with Crippen LogP contribution in [0.3, 0.4) is 0 Å². The number of carboxylic acid groups (broad SMARTS) is 1. The largest absolute Gasteiger partial charge is 0.477 e. The second-order valence-corrected chi connectivity index (χ2v) is 8.29. The van der Waals surface area contributed by atoms with E-state index in [1.54, 1.807) is 18.5 Å². The number of hydrogen-bond acceptors (Lipinski definition) is 5. The number of aromatic carboxylic acids is 1. The van der Waals surface area contributed by atoms with E-state index < -0.39 is 16.0 Å². The lowest BCUT2D eigenvalue weighted by molar-refractivity contribution is 0.0702. The third kappa shape index (κ3) is 3.67. The zero-order valence-corrected chi connectivity index (χ0v) is 14.0. The number of nitrogens with zero attached hydrogens (tertiary/aromatic N) is 1. The molecule has 2 heterocycles. The molecule has 2 aromatic rings. The molecule has 0 aromatic carbocycles. The molecule has 21 heavy (non-hydrogen) atoms. The first kappa shape index (κ1) is 16.1. The summed E-state index contributed by atoms with van der Waals surface area (Å²) in [4.78, 5) is 14.7. The van der Waals surface area contributed by atoms with Crippen LogP contribution in [0.15, 0.2) is 33.2 Å². The smallest absolute Gasteiger partial charge is 0.345 e. The van der Waals surface area contributed by atoms with Gasteiger partial charge in [-0.15, -0.1) is 11.3 Å². The fraction of sp³-hybridized carbons (Fsp3) is 0.167. The Morgan fingerprint density at radius 1 is 1.52 bits per heavy atom. The Kier molecular flexibility index (Phi) is 4.77. The minimum Gasteiger partial charge on any atom is -0.477 e. The molecule has 0 atom stereocenters. The van der Waals surface area contributed by atoms with E-state index in [1.165, 1.54) is 0 Å². The van der Waals surface area contributed by atoms with Gasteiger partial charge in [0.1, 0.15) is 9.77 Å². The van der Waals surface area contributed by atoms with Crippen molar-refractivity contribution in [2.24, 2.45) is 0 Å². The molecule has 0 aliphatic heterocycles. The maximum Gasteiger partial charge on any atom is 0.345 e. The molecule has 2 aromatic heterocycles. The molecule has 2 N–H and O–H groups in total. The number of aromatic nitrogens is 1. The van der Waals surface area contributed by atoms with Crippen molar-refractivity contribution in [1.82, 2.24) is 9.71 Å². The van der Waals surface area contributed by atoms with E-state index in [0.717, 1.165) is 28.5 Å². The van der Waals surface area contributed by atoms with E-state index in [-0.39, 0.29) is 20.1 Å². The molecule has 0 saturated heterocycles. The van der Waals surface area contributed by atoms with Gasteiger partial charge in [-0.2, -0.15) is 0 Å². The fourth-order valence-electron chi connectivity index (χ4n) is 1.57. The summed E-state index contributed by atoms with van der Waals surface area (Å²) in [7, 11) is -3.80. The monoisotopic (exact) mass is 390 g/mol. The van der Waals surface area contributed by atoms with E-state index in [2.05, 4.69) is 25.6 Å². The molecule has 0 fully saturated rings. The Balaban J connectivity index is 2.23. The summed E-state index contributed by atoms with van der Waals surface area (Å²) < 4.78 is 27.2. The van der Waals surface area contributed by atoms with Crippen molar-refractivity contribution in [3.05, 3.63) is 44.3 Å². The number of pyridine rings is 1. The highest BCUT2D eigenvalue weighted by molar-refractivity contribution is 9.11. The van der Waals surface area contributed by atoms with Crippen molar-refractivity contribution in [2.45, 2.75) is 18.4 Å². The van der Waals surface area contributed by atoms with Crippen molar-refractivity contribution in [3.8, 4) is 0 Å². The first-order valence-electron chi connectivity index (χ1n) is 5.73. The molecular formula is C12H11BrN2O4S2. The van der Waals surface area contributed by atoms with Crippen LogP contribution in [-0.2, 0) is 16.6 Å². The van der Waals surface area contributed by atoms with Gasteiger partial charge < -0.3 is 5.11 Å². The molecule has 0 aliphatic carbocycles. The van der Waals surface area contributed by atoms with Crippen LogP contribution in [0.5, 0.6) is 0 Å². The highest BCUT2D eigenvalue weighted by atomic mass is 79.9. The van der Waals surface area contributed by atoms with Gasteiger partial charge in [-0.1, -0.05) is 0 Å². The second-order valence-electron chi connectivity index (χ2n) is 4.18. The standard InChI is InChI=1S/C12H11BrN2O4S2/c1-7-2-3-14-5-8(7)6-15-21(18,19)10-4-9(12(16)17)20-11(10)13/h2-5,15H,6H2,1H3,(H,16,17). The number of hydrogen-bond donors (Lipinski definition) is 2. The van der Waals surface area contributed by atoms with Gasteiger partial charge in [0.15, 0.2) is 0 Å². The van der Waals surface area contributed by atoms with Crippen molar-refractivity contribution < 1.29 is 18.3 Å². The van der Waals surface area contributed by atoms with Crippen LogP contribution < -0.4 is 4.72 Å². The number of thiophene rings is 1. The number of rotatable bonds is 5. The Morgan fingerprint density at radius 2 is 2.24 bits per heavy atom. The predicted octanol–water partition coefficient (Wildman–Crippen LogP) is 2.39. The van der Waals surface area contributed by atoms with Gasteiger partial charge >= 0.3 is 5.97 Å². The number of aryl methyl sites for hydroxylation is 1. The quantitative estimate of drug-likeness (QED) is 0.816. The Morgan fingerprint density at radius 3 is 2.81 bits per heavy atom. The minimum atomic E-state index is -3.80. The average molecular weight is 391 g/mol. The van der Waals surface area contributed by atoms with Crippen molar-refractivity contribution in [1.29, 1.82) is 0 Å². The lowest BCUT2D eigenvalue weighted by Gasteiger charge is -2.07. The van der Waals surface area contributed by atoms with E-state index in [9.17, 15) is 13.2 Å². The highest BCUT2D eigenvalue weighted by Crippen LogP contribution is 2.31. The summed E-state index contributed by atoms with van der Waals surface area (Å²) in [6.45, 7) is 1.95. The number of carbonyl (C=O) groups is 1. The number of nitrogens with one attached hydrogen (secondary N) is 1. The van der Waals surface area contributed by atoms with E-state index in [1.807, 2.05) is 6.92 Å². The third-order valence-electron chi connectivity index (χ3n) is 2.76. The summed E-state index contributed by atoms with van der Waals surface area (Å²) >= 11 is 3.95. The molecule has 2 rings (SSSR count). The van der Waals surface area contributed by atoms with Gasteiger partial charge in [0.05, 0.1) is 3.79 Å². The van der Waals surface area contributed by atoms with Gasteiger partial charge in [0.2, 0.25) is 10.0 Å². The van der Waals surface area contributed by atoms with Crippen LogP contribution in [0.1, 0.15) is 20.8 Å². The topological polar surface area (TPSA) is 96.4 Å². The molecule has 0 radical (unpaired) electrons. The second kappa shape index (κ2) is 6.22. The van der Waals surface area contributed by atoms with Crippen LogP contribution in [0.25, 0.3) is 0 Å². The molecule has 0 saturated carbocycles. The molecule has 112 valence electrons. The minimum absolute atomic E-state index is 0.0418. The zero-order chi connectivity index (χ0) is 15.6. The summed E-state index contributed by atoms with van der Waals surface area (Å²) in [5.74, 6) is -1.16. The summed E-state index contributed by atoms with van der Waals surface area (Å²) in [6.07, 6.45) is 3.21. The predicted molar refractivity (Wildman–Crippen MR) is 82.0 cm³/mol. The molecule has 9 heteroatoms. The Hall–Kier alpha value is -1.29. The third-order valence-corrected chi connectivity index (χ3v) is 6.40. The van der Waals surface area contributed by atoms with Crippen molar-refractivity contribution in [2.75, 3.05) is 0 Å². The van der Waals surface area contributed by atoms with Crippen molar-refractivity contribution in [3.63, 3.8) is 0 Å². The SMILES string of the molecule is Cc1ccncc1CNS(=O)(=O)c1cc(C(=O)O)sc1Br. The molecular weight excluding hydrogens is 380 g/mol. The Bertz CT molecular complexity index is 786. The Labute approximate surface area is 134 Å². The van der Waals surface area contributed by atoms with Gasteiger partial charge in [-0.05, 0) is 46.1 Å². The molecule has 0 bridgehead atoms. The van der Waals surface area contributed by atoms with Gasteiger partial charge in [0, 0.05) is 18.9 Å². The van der Waals surface area contributed by atoms with Gasteiger partial charge in [0.25, 0.3) is 0 Å². The average Bonchev–Trinajstić information content (AvgIpc) is 2.81. The lowest BCUT2D eigenvalue weighted by Crippen LogP contribution is -2.23. The first-order chi connectivity index (χ1) is 9.81. The van der Waals surface area contributed by atoms with Crippen LogP contribution in [0.4, 0.5) is 0 Å². The number of carboxylic acids is 1. The summed E-state index contributed by atoms with van der Waals surface area (Å²) in [5.41, 5.74) is 1.68. The summed E-state index contributed by atoms with van der Waals surface area (Å²) in [6, 6.07) is 2.92. The van der Waals surface area contributed by atoms with Crippen LogP contribution in [0, 0.1) is 6.92 Å². The molecule has 0 spiro atoms. The zero-order valence-electron chi connectivity index (χ0n) is 10.8. The van der Waals surface area contributed by atoms with Crippen molar-refractivity contribution >= 4 is 43.3 Å². The van der Waals surface area contributed by atoms with Gasteiger partial charge in [-0.25, -0.2) is 17.9 Å². The maximum atomic E-state index is 12.2. The number of sulfonamides is 1. The number of halogens is 1. The van der Waals surface area contributed by atoms with Crippen LogP contribution in [0.2, 0.25) is 0 Å². The maximum absolute atomic E-state index is 12.2.